The van der Waals surface area contributed by atoms with Crippen molar-refractivity contribution >= 4 is 5.97 Å². The monoisotopic (exact) mass is 255 g/mol. The van der Waals surface area contributed by atoms with Gasteiger partial charge in [-0.2, -0.15) is 0 Å². The third-order valence-electron chi connectivity index (χ3n) is 3.16. The minimum atomic E-state index is -0.784. The van der Waals surface area contributed by atoms with Gasteiger partial charge in [0.05, 0.1) is 6.42 Å². The molecule has 98 valence electrons. The smallest absolute Gasteiger partial charge is 0.303 e. The molecule has 0 saturated carbocycles. The number of nitrogens with zero attached hydrogens (tertiary/aromatic N) is 1. The van der Waals surface area contributed by atoms with Crippen molar-refractivity contribution in [1.82, 2.24) is 4.98 Å². The second-order valence-corrected chi connectivity index (χ2v) is 4.88. The summed E-state index contributed by atoms with van der Waals surface area (Å²) in [4.78, 5) is 15.0. The van der Waals surface area contributed by atoms with E-state index in [4.69, 9.17) is 5.11 Å². The lowest BCUT2D eigenvalue weighted by atomic mass is 9.96. The van der Waals surface area contributed by atoms with Crippen LogP contribution in [0.2, 0.25) is 0 Å². The van der Waals surface area contributed by atoms with Gasteiger partial charge in [0.25, 0.3) is 0 Å². The second kappa shape index (κ2) is 5.65. The van der Waals surface area contributed by atoms with Gasteiger partial charge in [0.1, 0.15) is 0 Å². The molecule has 0 radical (unpaired) electrons. The summed E-state index contributed by atoms with van der Waals surface area (Å²) in [5.74, 6) is -0.816. The van der Waals surface area contributed by atoms with Gasteiger partial charge in [-0.25, -0.2) is 0 Å². The predicted molar refractivity (Wildman–Crippen MR) is 75.1 cm³/mol. The van der Waals surface area contributed by atoms with E-state index >= 15 is 0 Å². The molecule has 1 atom stereocenters. The molecule has 0 bridgehead atoms. The van der Waals surface area contributed by atoms with Gasteiger partial charge in [-0.05, 0) is 30.0 Å². The molecule has 1 unspecified atom stereocenters. The van der Waals surface area contributed by atoms with Crippen LogP contribution in [0.1, 0.15) is 30.4 Å². The highest BCUT2D eigenvalue weighted by Crippen LogP contribution is 2.25. The summed E-state index contributed by atoms with van der Waals surface area (Å²) in [5.41, 5.74) is 4.29. The number of carboxylic acids is 1. The first-order valence-corrected chi connectivity index (χ1v) is 6.30. The van der Waals surface area contributed by atoms with Gasteiger partial charge in [-0.15, -0.1) is 0 Å². The number of aromatic nitrogens is 1. The third-order valence-corrected chi connectivity index (χ3v) is 3.16. The van der Waals surface area contributed by atoms with Crippen molar-refractivity contribution in [1.29, 1.82) is 0 Å². The summed E-state index contributed by atoms with van der Waals surface area (Å²) >= 11 is 0. The predicted octanol–water partition coefficient (Wildman–Crippen LogP) is 3.64. The summed E-state index contributed by atoms with van der Waals surface area (Å²) in [7, 11) is 0. The van der Waals surface area contributed by atoms with E-state index in [9.17, 15) is 4.79 Å². The standard InChI is InChI=1S/C16H17NO2/c1-11-4-3-5-13(6-11)15-8-14(9-17-10-15)12(2)7-16(18)19/h3-6,8-10,12H,7H2,1-2H3,(H,18,19). The van der Waals surface area contributed by atoms with Gasteiger partial charge in [-0.1, -0.05) is 36.8 Å². The highest BCUT2D eigenvalue weighted by Gasteiger charge is 2.11. The van der Waals surface area contributed by atoms with Gasteiger partial charge in [-0.3, -0.25) is 9.78 Å². The zero-order valence-corrected chi connectivity index (χ0v) is 11.1. The molecule has 0 aliphatic rings. The number of carboxylic acid groups (broad SMARTS) is 1. The lowest BCUT2D eigenvalue weighted by molar-refractivity contribution is -0.137. The Morgan fingerprint density at radius 2 is 2.05 bits per heavy atom. The maximum atomic E-state index is 10.8. The zero-order valence-electron chi connectivity index (χ0n) is 11.1. The molecule has 0 aliphatic carbocycles. The van der Waals surface area contributed by atoms with Gasteiger partial charge in [0, 0.05) is 18.0 Å². The van der Waals surface area contributed by atoms with E-state index in [0.717, 1.165) is 16.7 Å². The number of hydrogen-bond donors (Lipinski definition) is 1. The van der Waals surface area contributed by atoms with Gasteiger partial charge >= 0.3 is 5.97 Å². The summed E-state index contributed by atoms with van der Waals surface area (Å²) in [6.07, 6.45) is 3.68. The quantitative estimate of drug-likeness (QED) is 0.907. The summed E-state index contributed by atoms with van der Waals surface area (Å²) < 4.78 is 0. The summed E-state index contributed by atoms with van der Waals surface area (Å²) in [6, 6.07) is 10.2. The third kappa shape index (κ3) is 3.41. The summed E-state index contributed by atoms with van der Waals surface area (Å²) in [5, 5.41) is 8.85. The Hall–Kier alpha value is -2.16. The number of hydrogen-bond acceptors (Lipinski definition) is 2. The topological polar surface area (TPSA) is 50.2 Å². The normalized spacial score (nSPS) is 12.1. The van der Waals surface area contributed by atoms with E-state index in [0.29, 0.717) is 0 Å². The Morgan fingerprint density at radius 1 is 1.26 bits per heavy atom. The average Bonchev–Trinajstić information content (AvgIpc) is 2.38. The average molecular weight is 255 g/mol. The fourth-order valence-corrected chi connectivity index (χ4v) is 2.09. The molecule has 3 heteroatoms. The highest BCUT2D eigenvalue weighted by atomic mass is 16.4. The Bertz CT molecular complexity index is 593. The van der Waals surface area contributed by atoms with E-state index in [-0.39, 0.29) is 12.3 Å². The maximum Gasteiger partial charge on any atom is 0.303 e. The van der Waals surface area contributed by atoms with Crippen molar-refractivity contribution in [3.8, 4) is 11.1 Å². The maximum absolute atomic E-state index is 10.8. The molecule has 0 fully saturated rings. The Morgan fingerprint density at radius 3 is 2.74 bits per heavy atom. The van der Waals surface area contributed by atoms with Crippen LogP contribution in [0.4, 0.5) is 0 Å². The first-order valence-electron chi connectivity index (χ1n) is 6.30. The molecule has 1 aromatic carbocycles. The number of aryl methyl sites for hydroxylation is 1. The molecule has 2 rings (SSSR count). The van der Waals surface area contributed by atoms with E-state index < -0.39 is 5.97 Å². The molecular formula is C16H17NO2. The molecule has 1 heterocycles. The summed E-state index contributed by atoms with van der Waals surface area (Å²) in [6.45, 7) is 3.96. The van der Waals surface area contributed by atoms with Gasteiger partial charge < -0.3 is 5.11 Å². The molecule has 3 nitrogen and oxygen atoms in total. The Labute approximate surface area is 112 Å². The first kappa shape index (κ1) is 13.3. The van der Waals surface area contributed by atoms with Crippen molar-refractivity contribution in [2.45, 2.75) is 26.2 Å². The minimum absolute atomic E-state index is 0.0326. The molecule has 0 saturated heterocycles. The zero-order chi connectivity index (χ0) is 13.8. The molecular weight excluding hydrogens is 238 g/mol. The number of aliphatic carboxylic acids is 1. The van der Waals surface area contributed by atoms with Crippen LogP contribution in [-0.4, -0.2) is 16.1 Å². The Kier molecular flexibility index (Phi) is 3.95. The van der Waals surface area contributed by atoms with E-state index in [1.165, 1.54) is 5.56 Å². The molecule has 0 amide bonds. The van der Waals surface area contributed by atoms with Crippen molar-refractivity contribution in [2.24, 2.45) is 0 Å². The fraction of sp³-hybridized carbons (Fsp3) is 0.250. The molecule has 1 N–H and O–H groups in total. The van der Waals surface area contributed by atoms with Crippen LogP contribution >= 0.6 is 0 Å². The van der Waals surface area contributed by atoms with Crippen LogP contribution in [0.3, 0.4) is 0 Å². The molecule has 0 spiro atoms. The molecule has 2 aromatic rings. The lowest BCUT2D eigenvalue weighted by Gasteiger charge is -2.10. The first-order chi connectivity index (χ1) is 9.06. The highest BCUT2D eigenvalue weighted by molar-refractivity contribution is 5.68. The van der Waals surface area contributed by atoms with Crippen LogP contribution < -0.4 is 0 Å². The SMILES string of the molecule is Cc1cccc(-c2cncc(C(C)CC(=O)O)c2)c1. The molecule has 1 aromatic heterocycles. The number of pyridine rings is 1. The van der Waals surface area contributed by atoms with Crippen molar-refractivity contribution in [3.05, 3.63) is 53.9 Å². The fourth-order valence-electron chi connectivity index (χ4n) is 2.09. The Balaban J connectivity index is 2.31. The van der Waals surface area contributed by atoms with Crippen molar-refractivity contribution in [2.75, 3.05) is 0 Å². The lowest BCUT2D eigenvalue weighted by Crippen LogP contribution is -2.03. The van der Waals surface area contributed by atoms with Crippen LogP contribution in [-0.2, 0) is 4.79 Å². The van der Waals surface area contributed by atoms with E-state index in [1.807, 2.05) is 44.3 Å². The largest absolute Gasteiger partial charge is 0.481 e. The van der Waals surface area contributed by atoms with Crippen molar-refractivity contribution < 1.29 is 9.90 Å². The van der Waals surface area contributed by atoms with Gasteiger partial charge in [0.15, 0.2) is 0 Å². The number of carbonyl (C=O) groups is 1. The van der Waals surface area contributed by atoms with Crippen LogP contribution in [0, 0.1) is 6.92 Å². The minimum Gasteiger partial charge on any atom is -0.481 e. The molecule has 0 aliphatic heterocycles. The van der Waals surface area contributed by atoms with Crippen molar-refractivity contribution in [3.63, 3.8) is 0 Å². The second-order valence-electron chi connectivity index (χ2n) is 4.88. The van der Waals surface area contributed by atoms with Crippen LogP contribution in [0.25, 0.3) is 11.1 Å². The van der Waals surface area contributed by atoms with E-state index in [1.54, 1.807) is 6.20 Å². The van der Waals surface area contributed by atoms with Crippen LogP contribution in [0.15, 0.2) is 42.7 Å². The van der Waals surface area contributed by atoms with Crippen LogP contribution in [0.5, 0.6) is 0 Å². The number of rotatable bonds is 4. The van der Waals surface area contributed by atoms with Gasteiger partial charge in [0.2, 0.25) is 0 Å². The van der Waals surface area contributed by atoms with E-state index in [2.05, 4.69) is 11.1 Å². The number of benzene rings is 1. The molecule has 19 heavy (non-hydrogen) atoms.